The summed E-state index contributed by atoms with van der Waals surface area (Å²) in [6, 6.07) is 16.6. The molecule has 23 heavy (non-hydrogen) atoms. The number of hydrogen-bond acceptors (Lipinski definition) is 4. The van der Waals surface area contributed by atoms with Gasteiger partial charge < -0.3 is 0 Å². The number of hydrogen-bond donors (Lipinski definition) is 1. The lowest BCUT2D eigenvalue weighted by Gasteiger charge is -2.14. The molecule has 0 amide bonds. The van der Waals surface area contributed by atoms with Crippen molar-refractivity contribution in [1.29, 1.82) is 10.5 Å². The van der Waals surface area contributed by atoms with Crippen molar-refractivity contribution < 1.29 is 8.42 Å². The van der Waals surface area contributed by atoms with Crippen LogP contribution in [0.2, 0.25) is 0 Å². The highest BCUT2D eigenvalue weighted by Gasteiger charge is 2.22. The van der Waals surface area contributed by atoms with E-state index in [2.05, 4.69) is 4.72 Å². The van der Waals surface area contributed by atoms with Crippen molar-refractivity contribution in [2.45, 2.75) is 24.3 Å². The Hall–Kier alpha value is -2.67. The molecule has 0 aromatic heterocycles. The number of nitrogens with zero attached hydrogens (tertiary/aromatic N) is 2. The molecule has 0 spiro atoms. The van der Waals surface area contributed by atoms with Gasteiger partial charge in [-0.15, -0.1) is 0 Å². The predicted octanol–water partition coefficient (Wildman–Crippen LogP) is 2.28. The van der Waals surface area contributed by atoms with E-state index in [4.69, 9.17) is 5.26 Å². The molecule has 0 saturated heterocycles. The highest BCUT2D eigenvalue weighted by Crippen LogP contribution is 2.17. The SMILES string of the molecule is Cc1ccc(C#N)cc1S(=O)(=O)NC(C#N)Cc1ccccc1. The fourth-order valence-electron chi connectivity index (χ4n) is 2.17. The van der Waals surface area contributed by atoms with E-state index >= 15 is 0 Å². The lowest BCUT2D eigenvalue weighted by atomic mass is 10.1. The molecule has 0 heterocycles. The summed E-state index contributed by atoms with van der Waals surface area (Å²) < 4.78 is 27.4. The zero-order valence-corrected chi connectivity index (χ0v) is 13.3. The Bertz CT molecular complexity index is 878. The summed E-state index contributed by atoms with van der Waals surface area (Å²) in [6.07, 6.45) is 0.271. The zero-order valence-electron chi connectivity index (χ0n) is 12.5. The van der Waals surface area contributed by atoms with Crippen LogP contribution in [0.25, 0.3) is 0 Å². The highest BCUT2D eigenvalue weighted by molar-refractivity contribution is 7.89. The van der Waals surface area contributed by atoms with E-state index in [1.807, 2.05) is 42.5 Å². The molecule has 2 aromatic carbocycles. The molecule has 0 aliphatic rings. The molecule has 6 heteroatoms. The molecule has 2 aromatic rings. The minimum Gasteiger partial charge on any atom is -0.207 e. The van der Waals surface area contributed by atoms with E-state index in [1.165, 1.54) is 6.07 Å². The van der Waals surface area contributed by atoms with Gasteiger partial charge in [0.25, 0.3) is 0 Å². The van der Waals surface area contributed by atoms with Gasteiger partial charge in [0.2, 0.25) is 10.0 Å². The van der Waals surface area contributed by atoms with Crippen LogP contribution < -0.4 is 4.72 Å². The van der Waals surface area contributed by atoms with Crippen LogP contribution in [0.4, 0.5) is 0 Å². The second-order valence-electron chi connectivity index (χ2n) is 5.08. The summed E-state index contributed by atoms with van der Waals surface area (Å²) >= 11 is 0. The minimum absolute atomic E-state index is 0.0184. The molecule has 2 rings (SSSR count). The first-order valence-corrected chi connectivity index (χ1v) is 8.41. The first-order valence-electron chi connectivity index (χ1n) is 6.93. The predicted molar refractivity (Wildman–Crippen MR) is 85.8 cm³/mol. The summed E-state index contributed by atoms with van der Waals surface area (Å²) in [4.78, 5) is 0.0184. The van der Waals surface area contributed by atoms with Gasteiger partial charge in [-0.1, -0.05) is 36.4 Å². The zero-order chi connectivity index (χ0) is 16.9. The largest absolute Gasteiger partial charge is 0.242 e. The number of nitrogens with one attached hydrogen (secondary N) is 1. The number of aryl methyl sites for hydroxylation is 1. The van der Waals surface area contributed by atoms with Crippen LogP contribution in [-0.2, 0) is 16.4 Å². The quantitative estimate of drug-likeness (QED) is 0.912. The van der Waals surface area contributed by atoms with Crippen LogP contribution in [0.3, 0.4) is 0 Å². The third kappa shape index (κ3) is 4.17. The van der Waals surface area contributed by atoms with Crippen molar-refractivity contribution >= 4 is 10.0 Å². The summed E-state index contributed by atoms with van der Waals surface area (Å²) in [7, 11) is -3.88. The average Bonchev–Trinajstić information content (AvgIpc) is 2.55. The number of rotatable bonds is 5. The molecule has 116 valence electrons. The van der Waals surface area contributed by atoms with Crippen LogP contribution in [0.15, 0.2) is 53.4 Å². The molecule has 1 unspecified atom stereocenters. The van der Waals surface area contributed by atoms with Crippen molar-refractivity contribution in [3.05, 3.63) is 65.2 Å². The molecule has 0 radical (unpaired) electrons. The fraction of sp³-hybridized carbons (Fsp3) is 0.176. The smallest absolute Gasteiger partial charge is 0.207 e. The van der Waals surface area contributed by atoms with Crippen molar-refractivity contribution in [3.63, 3.8) is 0 Å². The summed E-state index contributed by atoms with van der Waals surface area (Å²) in [6.45, 7) is 1.65. The van der Waals surface area contributed by atoms with Gasteiger partial charge in [0, 0.05) is 6.42 Å². The third-order valence-corrected chi connectivity index (χ3v) is 4.96. The van der Waals surface area contributed by atoms with Gasteiger partial charge in [0.05, 0.1) is 22.6 Å². The Morgan fingerprint density at radius 3 is 2.43 bits per heavy atom. The topological polar surface area (TPSA) is 93.8 Å². The van der Waals surface area contributed by atoms with Crippen LogP contribution in [0.5, 0.6) is 0 Å². The van der Waals surface area contributed by atoms with Crippen molar-refractivity contribution in [2.75, 3.05) is 0 Å². The fourth-order valence-corrected chi connectivity index (χ4v) is 3.58. The van der Waals surface area contributed by atoms with Gasteiger partial charge >= 0.3 is 0 Å². The Labute approximate surface area is 135 Å². The molecule has 0 fully saturated rings. The van der Waals surface area contributed by atoms with Gasteiger partial charge in [0.1, 0.15) is 6.04 Å². The van der Waals surface area contributed by atoms with Crippen LogP contribution >= 0.6 is 0 Å². The van der Waals surface area contributed by atoms with Crippen molar-refractivity contribution in [2.24, 2.45) is 0 Å². The van der Waals surface area contributed by atoms with Crippen molar-refractivity contribution in [3.8, 4) is 12.1 Å². The average molecular weight is 325 g/mol. The van der Waals surface area contributed by atoms with Crippen LogP contribution in [0, 0.1) is 29.6 Å². The molecular formula is C17H15N3O2S. The Morgan fingerprint density at radius 1 is 1.13 bits per heavy atom. The number of sulfonamides is 1. The monoisotopic (exact) mass is 325 g/mol. The van der Waals surface area contributed by atoms with E-state index in [-0.39, 0.29) is 16.9 Å². The normalized spacial score (nSPS) is 12.1. The molecular weight excluding hydrogens is 310 g/mol. The van der Waals surface area contributed by atoms with E-state index < -0.39 is 16.1 Å². The van der Waals surface area contributed by atoms with Gasteiger partial charge in [-0.05, 0) is 30.2 Å². The summed E-state index contributed by atoms with van der Waals surface area (Å²) in [5.41, 5.74) is 1.64. The maximum atomic E-state index is 12.5. The van der Waals surface area contributed by atoms with Gasteiger partial charge in [0.15, 0.2) is 0 Å². The summed E-state index contributed by atoms with van der Waals surface area (Å²) in [5.74, 6) is 0. The number of nitriles is 2. The second-order valence-corrected chi connectivity index (χ2v) is 6.77. The Balaban J connectivity index is 2.26. The molecule has 0 aliphatic carbocycles. The lowest BCUT2D eigenvalue weighted by molar-refractivity contribution is 0.571. The molecule has 5 nitrogen and oxygen atoms in total. The van der Waals surface area contributed by atoms with E-state index in [1.54, 1.807) is 19.1 Å². The van der Waals surface area contributed by atoms with E-state index in [0.717, 1.165) is 5.56 Å². The third-order valence-electron chi connectivity index (χ3n) is 3.34. The standard InChI is InChI=1S/C17H15N3O2S/c1-13-7-8-15(11-18)10-17(13)23(21,22)20-16(12-19)9-14-5-3-2-4-6-14/h2-8,10,16,20H,9H2,1H3. The second kappa shape index (κ2) is 7.06. The first-order chi connectivity index (χ1) is 11.0. The molecule has 0 aliphatic heterocycles. The Kier molecular flexibility index (Phi) is 5.13. The van der Waals surface area contributed by atoms with E-state index in [0.29, 0.717) is 5.56 Å². The molecule has 1 N–H and O–H groups in total. The van der Waals surface area contributed by atoms with Crippen LogP contribution in [0.1, 0.15) is 16.7 Å². The maximum absolute atomic E-state index is 12.5. The molecule has 1 atom stereocenters. The van der Waals surface area contributed by atoms with E-state index in [9.17, 15) is 13.7 Å². The van der Waals surface area contributed by atoms with Gasteiger partial charge in [-0.2, -0.15) is 15.2 Å². The molecule has 0 bridgehead atoms. The first kappa shape index (κ1) is 16.7. The maximum Gasteiger partial charge on any atom is 0.242 e. The lowest BCUT2D eigenvalue weighted by Crippen LogP contribution is -2.35. The van der Waals surface area contributed by atoms with Crippen molar-refractivity contribution in [1.82, 2.24) is 4.72 Å². The van der Waals surface area contributed by atoms with Gasteiger partial charge in [-0.25, -0.2) is 8.42 Å². The van der Waals surface area contributed by atoms with Gasteiger partial charge in [-0.3, -0.25) is 0 Å². The Morgan fingerprint density at radius 2 is 1.83 bits per heavy atom. The van der Waals surface area contributed by atoms with Crippen LogP contribution in [-0.4, -0.2) is 14.5 Å². The number of benzene rings is 2. The molecule has 0 saturated carbocycles. The highest BCUT2D eigenvalue weighted by atomic mass is 32.2. The summed E-state index contributed by atoms with van der Waals surface area (Å²) in [5, 5.41) is 18.2. The minimum atomic E-state index is -3.88.